The van der Waals surface area contributed by atoms with Gasteiger partial charge in [0.15, 0.2) is 11.2 Å². The summed E-state index contributed by atoms with van der Waals surface area (Å²) in [5.41, 5.74) is 4.93. The molecule has 0 radical (unpaired) electrons. The highest BCUT2D eigenvalue weighted by atomic mass is 16.2. The molecule has 1 saturated heterocycles. The van der Waals surface area contributed by atoms with E-state index in [-0.39, 0.29) is 17.7 Å². The number of amides is 1. The van der Waals surface area contributed by atoms with Crippen LogP contribution in [0.5, 0.6) is 0 Å². The number of hydrogen-bond acceptors (Lipinski definition) is 6. The summed E-state index contributed by atoms with van der Waals surface area (Å²) < 4.78 is 3.86. The molecule has 0 bridgehead atoms. The molecule has 2 aromatic rings. The lowest BCUT2D eigenvalue weighted by Crippen LogP contribution is -2.47. The first-order chi connectivity index (χ1) is 11.8. The highest BCUT2D eigenvalue weighted by Gasteiger charge is 2.25. The van der Waals surface area contributed by atoms with E-state index in [2.05, 4.69) is 16.8 Å². The van der Waals surface area contributed by atoms with Gasteiger partial charge in [-0.3, -0.25) is 23.3 Å². The molecule has 0 atom stereocenters. The van der Waals surface area contributed by atoms with Crippen molar-refractivity contribution < 1.29 is 4.79 Å². The molecule has 0 spiro atoms. The zero-order valence-electron chi connectivity index (χ0n) is 14.7. The van der Waals surface area contributed by atoms with Gasteiger partial charge in [0.25, 0.3) is 5.56 Å². The van der Waals surface area contributed by atoms with E-state index in [1.807, 2.05) is 4.90 Å². The molecule has 1 amide bonds. The molecule has 0 unspecified atom stereocenters. The Kier molecular flexibility index (Phi) is 4.38. The van der Waals surface area contributed by atoms with Crippen LogP contribution >= 0.6 is 0 Å². The van der Waals surface area contributed by atoms with Gasteiger partial charge in [0.2, 0.25) is 11.9 Å². The molecule has 10 nitrogen and oxygen atoms in total. The number of piperazine rings is 1. The van der Waals surface area contributed by atoms with Gasteiger partial charge in [-0.25, -0.2) is 4.79 Å². The molecule has 1 aliphatic heterocycles. The largest absolute Gasteiger partial charge is 0.368 e. The van der Waals surface area contributed by atoms with Crippen molar-refractivity contribution in [2.45, 2.75) is 13.5 Å². The normalized spacial score (nSPS) is 15.9. The van der Waals surface area contributed by atoms with Gasteiger partial charge in [-0.2, -0.15) is 4.98 Å². The fourth-order valence-electron chi connectivity index (χ4n) is 3.25. The number of imidazole rings is 1. The van der Waals surface area contributed by atoms with Gasteiger partial charge < -0.3 is 15.5 Å². The summed E-state index contributed by atoms with van der Waals surface area (Å²) in [6.45, 7) is 6.11. The molecule has 3 rings (SSSR count). The Morgan fingerprint density at radius 1 is 1.12 bits per heavy atom. The van der Waals surface area contributed by atoms with Crippen molar-refractivity contribution in [3.8, 4) is 0 Å². The van der Waals surface area contributed by atoms with Crippen molar-refractivity contribution in [1.82, 2.24) is 23.6 Å². The predicted octanol–water partition coefficient (Wildman–Crippen LogP) is -1.94. The van der Waals surface area contributed by atoms with E-state index in [0.29, 0.717) is 5.95 Å². The first-order valence-electron chi connectivity index (χ1n) is 8.27. The molecule has 2 N–H and O–H groups in total. The first kappa shape index (κ1) is 17.2. The average molecular weight is 349 g/mol. The average Bonchev–Trinajstić information content (AvgIpc) is 2.97. The van der Waals surface area contributed by atoms with Crippen molar-refractivity contribution in [3.63, 3.8) is 0 Å². The highest BCUT2D eigenvalue weighted by Crippen LogP contribution is 2.20. The van der Waals surface area contributed by atoms with Crippen molar-refractivity contribution in [2.24, 2.45) is 19.8 Å². The fourth-order valence-corrected chi connectivity index (χ4v) is 3.25. The number of primary amides is 1. The molecule has 10 heteroatoms. The summed E-state index contributed by atoms with van der Waals surface area (Å²) >= 11 is 0. The number of carbonyl (C=O) groups excluding carboxylic acids is 1. The molecule has 0 saturated carbocycles. The molecular formula is C15H23N7O3. The third kappa shape index (κ3) is 2.82. The van der Waals surface area contributed by atoms with Gasteiger partial charge in [-0.15, -0.1) is 0 Å². The van der Waals surface area contributed by atoms with Gasteiger partial charge in [-0.05, 0) is 6.54 Å². The minimum Gasteiger partial charge on any atom is -0.368 e. The van der Waals surface area contributed by atoms with Gasteiger partial charge in [0.05, 0.1) is 0 Å². The maximum atomic E-state index is 12.6. The van der Waals surface area contributed by atoms with Crippen LogP contribution < -0.4 is 21.9 Å². The lowest BCUT2D eigenvalue weighted by Gasteiger charge is -2.34. The lowest BCUT2D eigenvalue weighted by molar-refractivity contribution is -0.118. The summed E-state index contributed by atoms with van der Waals surface area (Å²) in [5, 5.41) is 0. The maximum Gasteiger partial charge on any atom is 0.332 e. The van der Waals surface area contributed by atoms with E-state index >= 15 is 0 Å². The maximum absolute atomic E-state index is 12.6. The molecule has 25 heavy (non-hydrogen) atoms. The number of hydrogen-bond donors (Lipinski definition) is 1. The number of carbonyl (C=O) groups is 1. The van der Waals surface area contributed by atoms with Crippen LogP contribution in [-0.4, -0.2) is 62.2 Å². The second-order valence-electron chi connectivity index (χ2n) is 6.26. The van der Waals surface area contributed by atoms with E-state index in [9.17, 15) is 14.4 Å². The number of fused-ring (bicyclic) bond motifs is 1. The van der Waals surface area contributed by atoms with Gasteiger partial charge in [0.1, 0.15) is 6.54 Å². The van der Waals surface area contributed by atoms with Crippen LogP contribution in [0.15, 0.2) is 9.59 Å². The van der Waals surface area contributed by atoms with Crippen LogP contribution in [0.3, 0.4) is 0 Å². The number of aromatic nitrogens is 4. The second kappa shape index (κ2) is 6.36. The fraction of sp³-hybridized carbons (Fsp3) is 0.600. The van der Waals surface area contributed by atoms with Crippen LogP contribution in [0.1, 0.15) is 6.92 Å². The minimum atomic E-state index is -0.566. The lowest BCUT2D eigenvalue weighted by atomic mass is 10.3. The second-order valence-corrected chi connectivity index (χ2v) is 6.26. The summed E-state index contributed by atoms with van der Waals surface area (Å²) in [4.78, 5) is 45.2. The Hall–Kier alpha value is -2.62. The van der Waals surface area contributed by atoms with Crippen molar-refractivity contribution in [2.75, 3.05) is 37.6 Å². The van der Waals surface area contributed by atoms with Gasteiger partial charge in [-0.1, -0.05) is 6.92 Å². The topological polar surface area (TPSA) is 111 Å². The number of likely N-dealkylation sites (N-methyl/N-ethyl adjacent to an activating group) is 1. The molecule has 0 aromatic carbocycles. The van der Waals surface area contributed by atoms with E-state index in [4.69, 9.17) is 5.73 Å². The van der Waals surface area contributed by atoms with E-state index in [1.165, 1.54) is 16.2 Å². The summed E-state index contributed by atoms with van der Waals surface area (Å²) in [5.74, 6) is -0.0634. The Morgan fingerprint density at radius 3 is 2.32 bits per heavy atom. The molecule has 136 valence electrons. The highest BCUT2D eigenvalue weighted by molar-refractivity contribution is 5.80. The molecule has 0 aliphatic carbocycles. The first-order valence-corrected chi connectivity index (χ1v) is 8.27. The third-order valence-electron chi connectivity index (χ3n) is 4.74. The summed E-state index contributed by atoms with van der Waals surface area (Å²) in [6, 6.07) is 0. The van der Waals surface area contributed by atoms with E-state index < -0.39 is 17.2 Å². The minimum absolute atomic E-state index is 0.159. The number of aryl methyl sites for hydroxylation is 1. The number of anilines is 1. The predicted molar refractivity (Wildman–Crippen MR) is 93.7 cm³/mol. The summed E-state index contributed by atoms with van der Waals surface area (Å²) in [6.07, 6.45) is 0. The Bertz CT molecular complexity index is 931. The molecule has 3 heterocycles. The van der Waals surface area contributed by atoms with Gasteiger partial charge in [0, 0.05) is 40.3 Å². The van der Waals surface area contributed by atoms with Crippen LogP contribution in [0.4, 0.5) is 5.95 Å². The number of nitrogens with two attached hydrogens (primary N) is 1. The van der Waals surface area contributed by atoms with E-state index in [0.717, 1.165) is 37.3 Å². The number of rotatable bonds is 4. The van der Waals surface area contributed by atoms with Crippen molar-refractivity contribution >= 4 is 23.0 Å². The zero-order valence-corrected chi connectivity index (χ0v) is 14.7. The monoisotopic (exact) mass is 349 g/mol. The Labute approximate surface area is 144 Å². The van der Waals surface area contributed by atoms with Crippen LogP contribution in [0.2, 0.25) is 0 Å². The smallest absolute Gasteiger partial charge is 0.332 e. The SMILES string of the molecule is CCN1CCN(c2nc3c(c(=O)n(C)c(=O)n3C)n2CC(N)=O)CC1. The Balaban J connectivity index is 2.20. The zero-order chi connectivity index (χ0) is 18.3. The molecular weight excluding hydrogens is 326 g/mol. The van der Waals surface area contributed by atoms with Crippen LogP contribution in [0, 0.1) is 0 Å². The van der Waals surface area contributed by atoms with E-state index in [1.54, 1.807) is 7.05 Å². The summed E-state index contributed by atoms with van der Waals surface area (Å²) in [7, 11) is 2.97. The molecule has 1 aliphatic rings. The van der Waals surface area contributed by atoms with Crippen molar-refractivity contribution in [1.29, 1.82) is 0 Å². The molecule has 1 fully saturated rings. The van der Waals surface area contributed by atoms with Crippen LogP contribution in [0.25, 0.3) is 11.2 Å². The van der Waals surface area contributed by atoms with Crippen molar-refractivity contribution in [3.05, 3.63) is 20.8 Å². The Morgan fingerprint density at radius 2 is 1.76 bits per heavy atom. The van der Waals surface area contributed by atoms with Crippen LogP contribution in [-0.2, 0) is 25.4 Å². The molecule has 2 aromatic heterocycles. The number of nitrogens with zero attached hydrogens (tertiary/aromatic N) is 6. The van der Waals surface area contributed by atoms with Gasteiger partial charge >= 0.3 is 5.69 Å². The quantitative estimate of drug-likeness (QED) is 0.687. The third-order valence-corrected chi connectivity index (χ3v) is 4.74. The standard InChI is InChI=1S/C15H23N7O3/c1-4-20-5-7-21(8-6-20)14-17-12-11(22(14)9-10(16)23)13(24)19(3)15(25)18(12)2/h4-9H2,1-3H3,(H2,16,23).